The molecule has 0 fully saturated rings. The van der Waals surface area contributed by atoms with Crippen LogP contribution in [0, 0.1) is 0 Å². The van der Waals surface area contributed by atoms with Crippen LogP contribution in [-0.4, -0.2) is 42.7 Å². The van der Waals surface area contributed by atoms with Crippen molar-refractivity contribution in [1.29, 1.82) is 0 Å². The molecule has 5 rings (SSSR count). The zero-order chi connectivity index (χ0) is 34.0. The molecule has 13 heteroatoms. The van der Waals surface area contributed by atoms with E-state index in [2.05, 4.69) is 20.9 Å². The summed E-state index contributed by atoms with van der Waals surface area (Å²) < 4.78 is 10.8. The third kappa shape index (κ3) is 9.17. The van der Waals surface area contributed by atoms with E-state index in [0.29, 0.717) is 49.2 Å². The lowest BCUT2D eigenvalue weighted by atomic mass is 10.1. The van der Waals surface area contributed by atoms with Gasteiger partial charge in [0.05, 0.1) is 35.7 Å². The van der Waals surface area contributed by atoms with Crippen molar-refractivity contribution in [3.63, 3.8) is 0 Å². The lowest BCUT2D eigenvalue weighted by Crippen LogP contribution is -2.30. The molecular weight excluding hydrogens is 691 g/mol. The number of amides is 3. The summed E-state index contributed by atoms with van der Waals surface area (Å²) in [6.07, 6.45) is 1.53. The first kappa shape index (κ1) is 34.5. The molecule has 1 aromatic heterocycles. The number of carbonyl (C=O) groups is 3. The van der Waals surface area contributed by atoms with Crippen LogP contribution in [0.15, 0.2) is 107 Å². The third-order valence-corrected chi connectivity index (χ3v) is 9.19. The van der Waals surface area contributed by atoms with Gasteiger partial charge in [-0.2, -0.15) is 0 Å². The van der Waals surface area contributed by atoms with Gasteiger partial charge in [0.25, 0.3) is 11.8 Å². The second-order valence-electron chi connectivity index (χ2n) is 9.97. The maximum absolute atomic E-state index is 13.6. The van der Waals surface area contributed by atoms with E-state index in [1.807, 2.05) is 17.5 Å². The van der Waals surface area contributed by atoms with Crippen LogP contribution in [0.1, 0.15) is 15.9 Å². The van der Waals surface area contributed by atoms with E-state index >= 15 is 0 Å². The molecule has 0 radical (unpaired) electrons. The Balaban J connectivity index is 1.26. The monoisotopic (exact) mass is 718 g/mol. The molecule has 3 N–H and O–H groups in total. The number of hydrogen-bond acceptors (Lipinski definition) is 8. The lowest BCUT2D eigenvalue weighted by molar-refractivity contribution is -0.114. The van der Waals surface area contributed by atoms with Crippen LogP contribution in [0.3, 0.4) is 0 Å². The largest absolute Gasteiger partial charge is 0.497 e. The van der Waals surface area contributed by atoms with Gasteiger partial charge in [0, 0.05) is 38.7 Å². The molecule has 0 aliphatic rings. The number of benzene rings is 4. The predicted molar refractivity (Wildman–Crippen MR) is 193 cm³/mol. The van der Waals surface area contributed by atoms with E-state index in [9.17, 15) is 14.4 Å². The Morgan fingerprint density at radius 1 is 0.875 bits per heavy atom. The summed E-state index contributed by atoms with van der Waals surface area (Å²) in [5.74, 6) is -0.122. The van der Waals surface area contributed by atoms with Gasteiger partial charge in [0.15, 0.2) is 5.13 Å². The van der Waals surface area contributed by atoms with E-state index in [0.717, 1.165) is 10.5 Å². The molecule has 0 aliphatic carbocycles. The fraction of sp³-hybridized carbons (Fsp3) is 0.0857. The Morgan fingerprint density at radius 3 is 2.44 bits per heavy atom. The molecule has 0 atom stereocenters. The van der Waals surface area contributed by atoms with Crippen molar-refractivity contribution in [3.8, 4) is 22.8 Å². The lowest BCUT2D eigenvalue weighted by Gasteiger charge is -2.13. The fourth-order valence-electron chi connectivity index (χ4n) is 4.32. The maximum Gasteiger partial charge on any atom is 0.272 e. The van der Waals surface area contributed by atoms with E-state index < -0.39 is 11.8 Å². The molecule has 0 saturated carbocycles. The number of anilines is 2. The highest BCUT2D eigenvalue weighted by Gasteiger charge is 2.17. The molecule has 244 valence electrons. The number of ether oxygens (including phenoxy) is 2. The smallest absolute Gasteiger partial charge is 0.272 e. The number of aromatic nitrogens is 1. The van der Waals surface area contributed by atoms with Crippen LogP contribution >= 0.6 is 46.3 Å². The molecule has 4 aromatic carbocycles. The molecule has 0 spiro atoms. The first-order chi connectivity index (χ1) is 23.2. The summed E-state index contributed by atoms with van der Waals surface area (Å²) in [6.45, 7) is 0. The van der Waals surface area contributed by atoms with Crippen LogP contribution in [0.2, 0.25) is 10.0 Å². The predicted octanol–water partition coefficient (Wildman–Crippen LogP) is 8.27. The van der Waals surface area contributed by atoms with Crippen LogP contribution < -0.4 is 25.4 Å². The Bertz CT molecular complexity index is 1990. The minimum atomic E-state index is -0.557. The Labute approximate surface area is 295 Å². The molecule has 0 aliphatic heterocycles. The summed E-state index contributed by atoms with van der Waals surface area (Å²) in [4.78, 5) is 44.6. The van der Waals surface area contributed by atoms with Gasteiger partial charge in [-0.15, -0.1) is 23.1 Å². The zero-order valence-electron chi connectivity index (χ0n) is 25.6. The standard InChI is InChI=1S/C35H28Cl2N4O5S2/c1-45-25-13-11-23(31(18-25)46-2)16-29(39-33(43)21-7-4-3-5-8-21)34(44)38-24-9-6-10-26(17-24)47-20-32(42)41-35-40-30(19-48-35)22-12-14-27(36)28(37)15-22/h3-19H,20H2,1-2H3,(H,38,44)(H,39,43)(H,40,41,42)/b29-16+. The molecule has 0 saturated heterocycles. The molecule has 3 amide bonds. The van der Waals surface area contributed by atoms with E-state index in [1.54, 1.807) is 86.0 Å². The van der Waals surface area contributed by atoms with E-state index in [1.165, 1.54) is 36.3 Å². The number of halogens is 2. The molecule has 9 nitrogen and oxygen atoms in total. The summed E-state index contributed by atoms with van der Waals surface area (Å²) in [7, 11) is 3.04. The number of thiazole rings is 1. The number of hydrogen-bond donors (Lipinski definition) is 3. The van der Waals surface area contributed by atoms with Crippen LogP contribution in [0.4, 0.5) is 10.8 Å². The van der Waals surface area contributed by atoms with Gasteiger partial charge in [-0.25, -0.2) is 4.98 Å². The van der Waals surface area contributed by atoms with Crippen molar-refractivity contribution in [2.45, 2.75) is 4.90 Å². The molecular formula is C35H28Cl2N4O5S2. The zero-order valence-corrected chi connectivity index (χ0v) is 28.7. The number of rotatable bonds is 12. The number of nitrogens with zero attached hydrogens (tertiary/aromatic N) is 1. The average molecular weight is 720 g/mol. The van der Waals surface area contributed by atoms with E-state index in [-0.39, 0.29) is 17.4 Å². The first-order valence-electron chi connectivity index (χ1n) is 14.3. The average Bonchev–Trinajstić information content (AvgIpc) is 3.57. The van der Waals surface area contributed by atoms with Crippen molar-refractivity contribution < 1.29 is 23.9 Å². The van der Waals surface area contributed by atoms with Gasteiger partial charge < -0.3 is 25.4 Å². The van der Waals surface area contributed by atoms with Crippen LogP contribution in [0.5, 0.6) is 11.5 Å². The topological polar surface area (TPSA) is 119 Å². The highest BCUT2D eigenvalue weighted by molar-refractivity contribution is 8.00. The number of methoxy groups -OCH3 is 2. The van der Waals surface area contributed by atoms with Gasteiger partial charge in [-0.3, -0.25) is 14.4 Å². The van der Waals surface area contributed by atoms with Gasteiger partial charge >= 0.3 is 0 Å². The normalized spacial score (nSPS) is 11.0. The second kappa shape index (κ2) is 16.3. The molecule has 5 aromatic rings. The summed E-state index contributed by atoms with van der Waals surface area (Å²) in [5, 5.41) is 11.5. The maximum atomic E-state index is 13.6. The Hall–Kier alpha value is -4.81. The van der Waals surface area contributed by atoms with Crippen molar-refractivity contribution in [2.75, 3.05) is 30.6 Å². The Kier molecular flexibility index (Phi) is 11.8. The van der Waals surface area contributed by atoms with Crippen LogP contribution in [0.25, 0.3) is 17.3 Å². The van der Waals surface area contributed by atoms with Crippen molar-refractivity contribution >= 4 is 80.9 Å². The number of carbonyl (C=O) groups excluding carboxylic acids is 3. The summed E-state index contributed by atoms with van der Waals surface area (Å²) in [5.41, 5.74) is 2.86. The fourth-order valence-corrected chi connectivity index (χ4v) is 6.11. The van der Waals surface area contributed by atoms with Gasteiger partial charge in [0.1, 0.15) is 17.2 Å². The van der Waals surface area contributed by atoms with Crippen molar-refractivity contribution in [3.05, 3.63) is 123 Å². The minimum Gasteiger partial charge on any atom is -0.497 e. The summed E-state index contributed by atoms with van der Waals surface area (Å²) >= 11 is 14.7. The Morgan fingerprint density at radius 2 is 1.69 bits per heavy atom. The van der Waals surface area contributed by atoms with Crippen LogP contribution in [-0.2, 0) is 9.59 Å². The third-order valence-electron chi connectivity index (χ3n) is 6.70. The second-order valence-corrected chi connectivity index (χ2v) is 12.7. The van der Waals surface area contributed by atoms with E-state index in [4.69, 9.17) is 32.7 Å². The molecule has 0 bridgehead atoms. The quantitative estimate of drug-likeness (QED) is 0.0878. The SMILES string of the molecule is COc1ccc(/C=C(/NC(=O)c2ccccc2)C(=O)Nc2cccc(SCC(=O)Nc3nc(-c4ccc(Cl)c(Cl)c4)cs3)c2)c(OC)c1. The van der Waals surface area contributed by atoms with Gasteiger partial charge in [-0.05, 0) is 60.7 Å². The molecule has 0 unspecified atom stereocenters. The highest BCUT2D eigenvalue weighted by Crippen LogP contribution is 2.31. The number of nitrogens with one attached hydrogen (secondary N) is 3. The van der Waals surface area contributed by atoms with Crippen molar-refractivity contribution in [2.24, 2.45) is 0 Å². The summed E-state index contributed by atoms with van der Waals surface area (Å²) in [6, 6.07) is 26.0. The number of thioether (sulfide) groups is 1. The first-order valence-corrected chi connectivity index (χ1v) is 16.9. The van der Waals surface area contributed by atoms with Gasteiger partial charge in [0.2, 0.25) is 5.91 Å². The molecule has 1 heterocycles. The van der Waals surface area contributed by atoms with Gasteiger partial charge in [-0.1, -0.05) is 53.5 Å². The van der Waals surface area contributed by atoms with Crippen molar-refractivity contribution in [1.82, 2.24) is 10.3 Å². The minimum absolute atomic E-state index is 0.00607. The molecule has 48 heavy (non-hydrogen) atoms. The highest BCUT2D eigenvalue weighted by atomic mass is 35.5.